The molecule has 1 aromatic rings. The van der Waals surface area contributed by atoms with Crippen LogP contribution < -0.4 is 5.32 Å². The van der Waals surface area contributed by atoms with Gasteiger partial charge in [-0.15, -0.1) is 0 Å². The molecule has 0 aromatic carbocycles. The maximum Gasteiger partial charge on any atom is 0.324 e. The summed E-state index contributed by atoms with van der Waals surface area (Å²) < 4.78 is 5.55. The zero-order valence-corrected chi connectivity index (χ0v) is 10.7. The molecular formula is C9H11N3O3S2. The fourth-order valence-corrected chi connectivity index (χ4v) is 2.70. The number of hydrogen-bond donors (Lipinski definition) is 1. The Labute approximate surface area is 107 Å². The molecular weight excluding hydrogens is 262 g/mol. The molecule has 17 heavy (non-hydrogen) atoms. The first kappa shape index (κ1) is 12.2. The summed E-state index contributed by atoms with van der Waals surface area (Å²) in [5.41, 5.74) is 0. The standard InChI is InChI=1S/C9H11N3O3S2/c1-10-9(16)11-4-5-15-8(11)6-2-3-7(17-6)12(13)14/h2-3,8H,4-5H2,1H3,(H,10,16)/t8-/m0/s1. The van der Waals surface area contributed by atoms with Gasteiger partial charge < -0.3 is 15.0 Å². The minimum Gasteiger partial charge on any atom is -0.366 e. The highest BCUT2D eigenvalue weighted by atomic mass is 32.1. The van der Waals surface area contributed by atoms with Crippen LogP contribution in [0.15, 0.2) is 12.1 Å². The molecule has 0 unspecified atom stereocenters. The Morgan fingerprint density at radius 3 is 3.12 bits per heavy atom. The van der Waals surface area contributed by atoms with E-state index in [1.807, 2.05) is 4.90 Å². The molecule has 1 aliphatic rings. The van der Waals surface area contributed by atoms with E-state index in [1.54, 1.807) is 13.1 Å². The maximum atomic E-state index is 10.6. The molecule has 0 bridgehead atoms. The molecule has 0 saturated carbocycles. The Hall–Kier alpha value is -1.25. The van der Waals surface area contributed by atoms with Crippen molar-refractivity contribution in [2.45, 2.75) is 6.23 Å². The molecule has 6 nitrogen and oxygen atoms in total. The van der Waals surface area contributed by atoms with Crippen molar-refractivity contribution in [3.63, 3.8) is 0 Å². The quantitative estimate of drug-likeness (QED) is 0.500. The smallest absolute Gasteiger partial charge is 0.324 e. The minimum absolute atomic E-state index is 0.117. The summed E-state index contributed by atoms with van der Waals surface area (Å²) >= 11 is 6.27. The fraction of sp³-hybridized carbons (Fsp3) is 0.444. The van der Waals surface area contributed by atoms with Gasteiger partial charge in [-0.1, -0.05) is 11.3 Å². The van der Waals surface area contributed by atoms with Crippen LogP contribution in [-0.2, 0) is 4.74 Å². The number of thiocarbonyl (C=S) groups is 1. The summed E-state index contributed by atoms with van der Waals surface area (Å²) in [6.07, 6.45) is -0.311. The summed E-state index contributed by atoms with van der Waals surface area (Å²) in [6.45, 7) is 1.26. The largest absolute Gasteiger partial charge is 0.366 e. The molecule has 2 heterocycles. The highest BCUT2D eigenvalue weighted by Gasteiger charge is 2.30. The fourth-order valence-electron chi connectivity index (χ4n) is 1.63. The van der Waals surface area contributed by atoms with Gasteiger partial charge in [0.1, 0.15) is 0 Å². The van der Waals surface area contributed by atoms with E-state index < -0.39 is 4.92 Å². The molecule has 8 heteroatoms. The van der Waals surface area contributed by atoms with Crippen LogP contribution in [0, 0.1) is 10.1 Å². The van der Waals surface area contributed by atoms with Gasteiger partial charge in [0.25, 0.3) is 0 Å². The summed E-state index contributed by atoms with van der Waals surface area (Å²) in [5.74, 6) is 0. The molecule has 92 valence electrons. The second-order valence-corrected chi connectivity index (χ2v) is 4.89. The first-order valence-electron chi connectivity index (χ1n) is 4.97. The third-order valence-corrected chi connectivity index (χ3v) is 3.91. The number of rotatable bonds is 2. The molecule has 1 saturated heterocycles. The molecule has 1 fully saturated rings. The van der Waals surface area contributed by atoms with Crippen molar-refractivity contribution in [3.05, 3.63) is 27.1 Å². The molecule has 1 N–H and O–H groups in total. The van der Waals surface area contributed by atoms with Crippen LogP contribution >= 0.6 is 23.6 Å². The van der Waals surface area contributed by atoms with Gasteiger partial charge in [0.15, 0.2) is 11.3 Å². The Morgan fingerprint density at radius 1 is 1.76 bits per heavy atom. The first-order valence-corrected chi connectivity index (χ1v) is 6.20. The lowest BCUT2D eigenvalue weighted by atomic mass is 10.4. The Bertz CT molecular complexity index is 448. The van der Waals surface area contributed by atoms with Gasteiger partial charge in [0.2, 0.25) is 0 Å². The van der Waals surface area contributed by atoms with Crippen molar-refractivity contribution in [2.75, 3.05) is 20.2 Å². The van der Waals surface area contributed by atoms with Crippen LogP contribution in [0.4, 0.5) is 5.00 Å². The van der Waals surface area contributed by atoms with E-state index in [2.05, 4.69) is 5.32 Å². The zero-order chi connectivity index (χ0) is 12.4. The van der Waals surface area contributed by atoms with E-state index in [9.17, 15) is 10.1 Å². The normalized spacial score (nSPS) is 19.4. The van der Waals surface area contributed by atoms with E-state index in [4.69, 9.17) is 17.0 Å². The number of ether oxygens (including phenoxy) is 1. The van der Waals surface area contributed by atoms with Gasteiger partial charge in [-0.3, -0.25) is 10.1 Å². The second kappa shape index (κ2) is 4.94. The summed E-state index contributed by atoms with van der Waals surface area (Å²) in [7, 11) is 1.74. The number of nitrogens with one attached hydrogen (secondary N) is 1. The van der Waals surface area contributed by atoms with Crippen LogP contribution in [-0.4, -0.2) is 35.1 Å². The van der Waals surface area contributed by atoms with Gasteiger partial charge in [-0.05, 0) is 18.3 Å². The van der Waals surface area contributed by atoms with E-state index in [0.29, 0.717) is 18.3 Å². The SMILES string of the molecule is CNC(=S)N1CCO[C@H]1c1ccc([N+](=O)[O-])s1. The molecule has 0 radical (unpaired) electrons. The molecule has 1 atom stereocenters. The van der Waals surface area contributed by atoms with E-state index in [1.165, 1.54) is 6.07 Å². The number of thiophene rings is 1. The van der Waals surface area contributed by atoms with Crippen molar-refractivity contribution in [3.8, 4) is 0 Å². The van der Waals surface area contributed by atoms with Crippen molar-refractivity contribution in [1.29, 1.82) is 0 Å². The highest BCUT2D eigenvalue weighted by molar-refractivity contribution is 7.80. The van der Waals surface area contributed by atoms with Crippen molar-refractivity contribution in [1.82, 2.24) is 10.2 Å². The summed E-state index contributed by atoms with van der Waals surface area (Å²) in [4.78, 5) is 12.9. The Kier molecular flexibility index (Phi) is 3.55. The average molecular weight is 273 g/mol. The first-order chi connectivity index (χ1) is 8.13. The van der Waals surface area contributed by atoms with E-state index in [0.717, 1.165) is 16.2 Å². The monoisotopic (exact) mass is 273 g/mol. The molecule has 0 amide bonds. The highest BCUT2D eigenvalue weighted by Crippen LogP contribution is 2.34. The summed E-state index contributed by atoms with van der Waals surface area (Å²) in [6, 6.07) is 3.20. The number of nitro groups is 1. The van der Waals surface area contributed by atoms with Gasteiger partial charge in [-0.2, -0.15) is 0 Å². The molecule has 2 rings (SSSR count). The maximum absolute atomic E-state index is 10.6. The van der Waals surface area contributed by atoms with Crippen molar-refractivity contribution in [2.24, 2.45) is 0 Å². The van der Waals surface area contributed by atoms with Crippen LogP contribution in [0.25, 0.3) is 0 Å². The lowest BCUT2D eigenvalue weighted by Crippen LogP contribution is -2.37. The summed E-state index contributed by atoms with van der Waals surface area (Å²) in [5, 5.41) is 14.2. The third-order valence-electron chi connectivity index (χ3n) is 2.40. The number of nitrogens with zero attached hydrogens (tertiary/aromatic N) is 2. The Balaban J connectivity index is 2.20. The molecule has 0 aliphatic carbocycles. The topological polar surface area (TPSA) is 67.6 Å². The van der Waals surface area contributed by atoms with Gasteiger partial charge in [0.05, 0.1) is 16.4 Å². The minimum atomic E-state index is -0.399. The van der Waals surface area contributed by atoms with Crippen LogP contribution in [0.3, 0.4) is 0 Å². The Morgan fingerprint density at radius 2 is 2.53 bits per heavy atom. The predicted molar refractivity (Wildman–Crippen MR) is 68.0 cm³/mol. The van der Waals surface area contributed by atoms with Crippen LogP contribution in [0.5, 0.6) is 0 Å². The molecule has 0 spiro atoms. The van der Waals surface area contributed by atoms with Crippen molar-refractivity contribution < 1.29 is 9.66 Å². The molecule has 1 aliphatic heterocycles. The number of hydrogen-bond acceptors (Lipinski definition) is 5. The lowest BCUT2D eigenvalue weighted by molar-refractivity contribution is -0.380. The van der Waals surface area contributed by atoms with Gasteiger partial charge in [0, 0.05) is 19.7 Å². The van der Waals surface area contributed by atoms with Crippen LogP contribution in [0.1, 0.15) is 11.1 Å². The average Bonchev–Trinajstić information content (AvgIpc) is 2.95. The van der Waals surface area contributed by atoms with Crippen molar-refractivity contribution >= 4 is 33.7 Å². The third kappa shape index (κ3) is 2.38. The van der Waals surface area contributed by atoms with Crippen LogP contribution in [0.2, 0.25) is 0 Å². The lowest BCUT2D eigenvalue weighted by Gasteiger charge is -2.23. The second-order valence-electron chi connectivity index (χ2n) is 3.40. The van der Waals surface area contributed by atoms with Gasteiger partial charge >= 0.3 is 5.00 Å². The zero-order valence-electron chi connectivity index (χ0n) is 9.08. The van der Waals surface area contributed by atoms with E-state index >= 15 is 0 Å². The predicted octanol–water partition coefficient (Wildman–Crippen LogP) is 1.49. The van der Waals surface area contributed by atoms with E-state index in [-0.39, 0.29) is 11.2 Å². The molecule has 1 aromatic heterocycles. The van der Waals surface area contributed by atoms with Gasteiger partial charge in [-0.25, -0.2) is 0 Å².